The van der Waals surface area contributed by atoms with Gasteiger partial charge in [-0.3, -0.25) is 0 Å². The smallest absolute Gasteiger partial charge is 0.147 e. The van der Waals surface area contributed by atoms with Crippen LogP contribution in [0.5, 0.6) is 0 Å². The number of benzene rings is 1. The van der Waals surface area contributed by atoms with E-state index < -0.39 is 0 Å². The van der Waals surface area contributed by atoms with Gasteiger partial charge in [-0.25, -0.2) is 9.97 Å². The fraction of sp³-hybridized carbons (Fsp3) is 0.250. The van der Waals surface area contributed by atoms with Crippen molar-refractivity contribution in [2.24, 2.45) is 0 Å². The molecule has 1 aromatic carbocycles. The Morgan fingerprint density at radius 1 is 1.14 bits per heavy atom. The average molecular weight is 298 g/mol. The standard InChI is InChI=1S/C16H18N4S/c1-20(13-6-3-2-4-7-13)10-5-9-17-16-15-14(8-11-21-15)18-12-19-16/h2-4,6-8,11-12H,5,9-10H2,1H3,(H,17,18,19). The molecule has 3 rings (SSSR count). The van der Waals surface area contributed by atoms with Gasteiger partial charge in [-0.15, -0.1) is 11.3 Å². The summed E-state index contributed by atoms with van der Waals surface area (Å²) in [5, 5.41) is 5.46. The highest BCUT2D eigenvalue weighted by Gasteiger charge is 2.04. The lowest BCUT2D eigenvalue weighted by Crippen LogP contribution is -2.20. The van der Waals surface area contributed by atoms with E-state index in [-0.39, 0.29) is 0 Å². The molecule has 0 aliphatic heterocycles. The molecule has 5 heteroatoms. The molecular formula is C16H18N4S. The molecule has 2 heterocycles. The summed E-state index contributed by atoms with van der Waals surface area (Å²) in [7, 11) is 2.12. The van der Waals surface area contributed by atoms with Crippen LogP contribution in [0.1, 0.15) is 6.42 Å². The first-order chi connectivity index (χ1) is 10.3. The molecule has 0 aliphatic carbocycles. The van der Waals surface area contributed by atoms with E-state index >= 15 is 0 Å². The van der Waals surface area contributed by atoms with Crippen LogP contribution >= 0.6 is 11.3 Å². The van der Waals surface area contributed by atoms with Crippen molar-refractivity contribution in [1.82, 2.24) is 9.97 Å². The molecule has 3 aromatic rings. The number of para-hydroxylation sites is 1. The van der Waals surface area contributed by atoms with Crippen LogP contribution < -0.4 is 10.2 Å². The van der Waals surface area contributed by atoms with Crippen molar-refractivity contribution in [2.45, 2.75) is 6.42 Å². The van der Waals surface area contributed by atoms with Gasteiger partial charge in [-0.2, -0.15) is 0 Å². The minimum absolute atomic E-state index is 0.904. The summed E-state index contributed by atoms with van der Waals surface area (Å²) >= 11 is 1.68. The monoisotopic (exact) mass is 298 g/mol. The lowest BCUT2D eigenvalue weighted by molar-refractivity contribution is 0.815. The molecule has 21 heavy (non-hydrogen) atoms. The minimum Gasteiger partial charge on any atom is -0.375 e. The summed E-state index contributed by atoms with van der Waals surface area (Å²) in [4.78, 5) is 10.8. The Kier molecular flexibility index (Phi) is 4.31. The van der Waals surface area contributed by atoms with Gasteiger partial charge in [0.15, 0.2) is 0 Å². The second-order valence-electron chi connectivity index (χ2n) is 4.89. The summed E-state index contributed by atoms with van der Waals surface area (Å²) in [6.45, 7) is 1.91. The highest BCUT2D eigenvalue weighted by Crippen LogP contribution is 2.24. The molecule has 0 unspecified atom stereocenters. The molecule has 108 valence electrons. The summed E-state index contributed by atoms with van der Waals surface area (Å²) in [5.41, 5.74) is 2.26. The van der Waals surface area contributed by atoms with Gasteiger partial charge in [0.05, 0.1) is 10.2 Å². The fourth-order valence-electron chi connectivity index (χ4n) is 2.25. The lowest BCUT2D eigenvalue weighted by Gasteiger charge is -2.19. The Labute approximate surface area is 128 Å². The van der Waals surface area contributed by atoms with Gasteiger partial charge in [0.2, 0.25) is 0 Å². The van der Waals surface area contributed by atoms with Crippen LogP contribution in [0.25, 0.3) is 10.2 Å². The minimum atomic E-state index is 0.904. The molecule has 0 saturated heterocycles. The van der Waals surface area contributed by atoms with Gasteiger partial charge in [0.1, 0.15) is 12.1 Å². The number of rotatable bonds is 6. The summed E-state index contributed by atoms with van der Waals surface area (Å²) in [6, 6.07) is 12.5. The van der Waals surface area contributed by atoms with E-state index in [9.17, 15) is 0 Å². The van der Waals surface area contributed by atoms with E-state index in [1.807, 2.05) is 17.5 Å². The quantitative estimate of drug-likeness (QED) is 0.706. The number of thiophene rings is 1. The highest BCUT2D eigenvalue weighted by atomic mass is 32.1. The van der Waals surface area contributed by atoms with Crippen molar-refractivity contribution in [3.8, 4) is 0 Å². The Balaban J connectivity index is 1.51. The highest BCUT2D eigenvalue weighted by molar-refractivity contribution is 7.17. The van der Waals surface area contributed by atoms with E-state index in [0.717, 1.165) is 35.5 Å². The SMILES string of the molecule is CN(CCCNc1ncnc2ccsc12)c1ccccc1. The largest absolute Gasteiger partial charge is 0.375 e. The summed E-state index contributed by atoms with van der Waals surface area (Å²) in [6.07, 6.45) is 2.68. The van der Waals surface area contributed by atoms with Gasteiger partial charge in [0, 0.05) is 25.8 Å². The van der Waals surface area contributed by atoms with Crippen LogP contribution in [0.15, 0.2) is 48.1 Å². The third-order valence-electron chi connectivity index (χ3n) is 3.40. The molecule has 0 spiro atoms. The molecule has 0 atom stereocenters. The van der Waals surface area contributed by atoms with Gasteiger partial charge in [0.25, 0.3) is 0 Å². The van der Waals surface area contributed by atoms with Gasteiger partial charge in [-0.1, -0.05) is 18.2 Å². The Morgan fingerprint density at radius 3 is 2.86 bits per heavy atom. The maximum atomic E-state index is 4.33. The van der Waals surface area contributed by atoms with Crippen molar-refractivity contribution in [3.05, 3.63) is 48.1 Å². The molecule has 0 radical (unpaired) electrons. The normalized spacial score (nSPS) is 10.7. The Bertz CT molecular complexity index is 696. The molecule has 1 N–H and O–H groups in total. The molecular weight excluding hydrogens is 280 g/mol. The number of hydrogen-bond donors (Lipinski definition) is 1. The lowest BCUT2D eigenvalue weighted by atomic mass is 10.3. The first-order valence-electron chi connectivity index (χ1n) is 7.03. The van der Waals surface area contributed by atoms with E-state index in [1.165, 1.54) is 5.69 Å². The first-order valence-corrected chi connectivity index (χ1v) is 7.91. The Hall–Kier alpha value is -2.14. The molecule has 0 saturated carbocycles. The summed E-state index contributed by atoms with van der Waals surface area (Å²) in [5.74, 6) is 0.942. The maximum Gasteiger partial charge on any atom is 0.147 e. The molecule has 4 nitrogen and oxygen atoms in total. The molecule has 0 aliphatic rings. The maximum absolute atomic E-state index is 4.33. The first kappa shape index (κ1) is 13.8. The van der Waals surface area contributed by atoms with Crippen molar-refractivity contribution in [1.29, 1.82) is 0 Å². The van der Waals surface area contributed by atoms with Gasteiger partial charge < -0.3 is 10.2 Å². The molecule has 2 aromatic heterocycles. The Morgan fingerprint density at radius 2 is 2.00 bits per heavy atom. The second kappa shape index (κ2) is 6.54. The van der Waals surface area contributed by atoms with Crippen LogP contribution in [0, 0.1) is 0 Å². The van der Waals surface area contributed by atoms with Gasteiger partial charge >= 0.3 is 0 Å². The number of hydrogen-bond acceptors (Lipinski definition) is 5. The molecule has 0 amide bonds. The second-order valence-corrected chi connectivity index (χ2v) is 5.81. The predicted octanol–water partition coefficient (Wildman–Crippen LogP) is 3.63. The molecule has 0 fully saturated rings. The molecule has 0 bridgehead atoms. The number of nitrogens with one attached hydrogen (secondary N) is 1. The van der Waals surface area contributed by atoms with E-state index in [4.69, 9.17) is 0 Å². The fourth-order valence-corrected chi connectivity index (χ4v) is 3.06. The van der Waals surface area contributed by atoms with Crippen LogP contribution in [0.3, 0.4) is 0 Å². The third kappa shape index (κ3) is 3.31. The van der Waals surface area contributed by atoms with Crippen LogP contribution in [-0.2, 0) is 0 Å². The zero-order chi connectivity index (χ0) is 14.5. The van der Waals surface area contributed by atoms with Crippen molar-refractivity contribution in [2.75, 3.05) is 30.4 Å². The van der Waals surface area contributed by atoms with Crippen LogP contribution in [-0.4, -0.2) is 30.1 Å². The number of anilines is 2. The zero-order valence-electron chi connectivity index (χ0n) is 12.0. The predicted molar refractivity (Wildman–Crippen MR) is 90.2 cm³/mol. The van der Waals surface area contributed by atoms with Crippen molar-refractivity contribution < 1.29 is 0 Å². The van der Waals surface area contributed by atoms with E-state index in [0.29, 0.717) is 0 Å². The van der Waals surface area contributed by atoms with Crippen molar-refractivity contribution >= 4 is 33.1 Å². The third-order valence-corrected chi connectivity index (χ3v) is 4.31. The van der Waals surface area contributed by atoms with Crippen LogP contribution in [0.2, 0.25) is 0 Å². The average Bonchev–Trinajstić information content (AvgIpc) is 3.01. The van der Waals surface area contributed by atoms with E-state index in [2.05, 4.69) is 51.5 Å². The van der Waals surface area contributed by atoms with Gasteiger partial charge in [-0.05, 0) is 30.0 Å². The number of nitrogens with zero attached hydrogens (tertiary/aromatic N) is 3. The summed E-state index contributed by atoms with van der Waals surface area (Å²) < 4.78 is 1.13. The van der Waals surface area contributed by atoms with E-state index in [1.54, 1.807) is 17.7 Å². The number of fused-ring (bicyclic) bond motifs is 1. The van der Waals surface area contributed by atoms with Crippen molar-refractivity contribution in [3.63, 3.8) is 0 Å². The number of aromatic nitrogens is 2. The zero-order valence-corrected chi connectivity index (χ0v) is 12.8. The van der Waals surface area contributed by atoms with Crippen LogP contribution in [0.4, 0.5) is 11.5 Å². The topological polar surface area (TPSA) is 41.0 Å².